The van der Waals surface area contributed by atoms with E-state index in [9.17, 15) is 13.2 Å². The summed E-state index contributed by atoms with van der Waals surface area (Å²) in [6, 6.07) is 11.9. The lowest BCUT2D eigenvalue weighted by atomic mass is 9.99. The molecule has 0 spiro atoms. The summed E-state index contributed by atoms with van der Waals surface area (Å²) in [7, 11) is 0. The molecule has 2 aromatic carbocycles. The van der Waals surface area contributed by atoms with Gasteiger partial charge in [0.2, 0.25) is 6.29 Å². The van der Waals surface area contributed by atoms with E-state index in [1.54, 1.807) is 30.3 Å². The summed E-state index contributed by atoms with van der Waals surface area (Å²) < 4.78 is 53.4. The van der Waals surface area contributed by atoms with Crippen LogP contribution in [0.25, 0.3) is 11.1 Å². The molecule has 0 N–H and O–H groups in total. The van der Waals surface area contributed by atoms with Gasteiger partial charge in [-0.1, -0.05) is 50.2 Å². The summed E-state index contributed by atoms with van der Waals surface area (Å²) in [6.45, 7) is 4.48. The van der Waals surface area contributed by atoms with Crippen LogP contribution in [0.4, 0.5) is 13.2 Å². The molecule has 1 heterocycles. The molecule has 0 radical (unpaired) electrons. The largest absolute Gasteiger partial charge is 0.347 e. The molecule has 0 amide bonds. The Morgan fingerprint density at radius 2 is 1.59 bits per heavy atom. The molecule has 3 rings (SSSR count). The Morgan fingerprint density at radius 3 is 2.15 bits per heavy atom. The lowest BCUT2D eigenvalue weighted by molar-refractivity contribution is -0.290. The van der Waals surface area contributed by atoms with Gasteiger partial charge in [0, 0.05) is 12.3 Å². The number of benzene rings is 2. The second kappa shape index (κ2) is 8.44. The van der Waals surface area contributed by atoms with Crippen molar-refractivity contribution in [1.82, 2.24) is 0 Å². The highest BCUT2D eigenvalue weighted by Crippen LogP contribution is 2.31. The zero-order valence-electron chi connectivity index (χ0n) is 15.7. The first-order valence-electron chi connectivity index (χ1n) is 9.41. The molecule has 27 heavy (non-hydrogen) atoms. The summed E-state index contributed by atoms with van der Waals surface area (Å²) >= 11 is 0. The number of hydrogen-bond donors (Lipinski definition) is 0. The smallest absolute Gasteiger partial charge is 0.301 e. The molecule has 1 fully saturated rings. The molecular weight excluding hydrogens is 353 g/mol. The highest BCUT2D eigenvalue weighted by atomic mass is 19.3. The molecule has 0 aliphatic carbocycles. The normalized spacial score (nSPS) is 20.6. The Hall–Kier alpha value is -1.85. The first-order chi connectivity index (χ1) is 12.9. The van der Waals surface area contributed by atoms with E-state index < -0.39 is 18.6 Å². The Morgan fingerprint density at radius 1 is 0.963 bits per heavy atom. The molecule has 0 atom stereocenters. The van der Waals surface area contributed by atoms with E-state index in [4.69, 9.17) is 9.47 Å². The molecule has 0 aromatic heterocycles. The van der Waals surface area contributed by atoms with Crippen molar-refractivity contribution in [2.75, 3.05) is 13.2 Å². The third-order valence-corrected chi connectivity index (χ3v) is 5.05. The van der Waals surface area contributed by atoms with E-state index in [0.717, 1.165) is 17.5 Å². The van der Waals surface area contributed by atoms with E-state index in [2.05, 4.69) is 0 Å². The lowest BCUT2D eigenvalue weighted by Crippen LogP contribution is -2.45. The zero-order valence-corrected chi connectivity index (χ0v) is 15.7. The lowest BCUT2D eigenvalue weighted by Gasteiger charge is -2.33. The van der Waals surface area contributed by atoms with Crippen LogP contribution in [0.1, 0.15) is 31.4 Å². The van der Waals surface area contributed by atoms with E-state index >= 15 is 0 Å². The van der Waals surface area contributed by atoms with Crippen LogP contribution in [0.5, 0.6) is 0 Å². The van der Waals surface area contributed by atoms with Crippen LogP contribution in [0.3, 0.4) is 0 Å². The van der Waals surface area contributed by atoms with Gasteiger partial charge < -0.3 is 9.47 Å². The van der Waals surface area contributed by atoms with Crippen molar-refractivity contribution in [3.8, 4) is 11.1 Å². The van der Waals surface area contributed by atoms with Crippen molar-refractivity contribution in [3.63, 3.8) is 0 Å². The van der Waals surface area contributed by atoms with Crippen molar-refractivity contribution in [1.29, 1.82) is 0 Å². The maximum atomic E-state index is 14.5. The highest BCUT2D eigenvalue weighted by Gasteiger charge is 2.44. The predicted molar refractivity (Wildman–Crippen MR) is 99.3 cm³/mol. The van der Waals surface area contributed by atoms with Gasteiger partial charge in [-0.25, -0.2) is 13.2 Å². The number of alkyl halides is 2. The molecule has 2 aromatic rings. The SMILES string of the molecule is CCc1ccc(-c2ccc(CC(F)(F)C3OCC(CC)CO3)cc2)cc1F. The average Bonchev–Trinajstić information content (AvgIpc) is 2.68. The zero-order chi connectivity index (χ0) is 19.4. The van der Waals surface area contributed by atoms with Gasteiger partial charge in [-0.05, 0) is 41.2 Å². The minimum absolute atomic E-state index is 0.177. The van der Waals surface area contributed by atoms with Crippen LogP contribution in [-0.2, 0) is 22.3 Å². The number of aryl methyl sites for hydroxylation is 1. The first-order valence-corrected chi connectivity index (χ1v) is 9.41. The fourth-order valence-electron chi connectivity index (χ4n) is 3.21. The molecule has 1 aliphatic rings. The topological polar surface area (TPSA) is 18.5 Å². The molecule has 5 heteroatoms. The summed E-state index contributed by atoms with van der Waals surface area (Å²) in [6.07, 6.45) is -0.488. The molecule has 2 nitrogen and oxygen atoms in total. The van der Waals surface area contributed by atoms with Crippen molar-refractivity contribution >= 4 is 0 Å². The molecule has 0 unspecified atom stereocenters. The molecule has 0 saturated carbocycles. The third-order valence-electron chi connectivity index (χ3n) is 5.05. The number of rotatable bonds is 6. The summed E-state index contributed by atoms with van der Waals surface area (Å²) in [5.74, 6) is -3.17. The van der Waals surface area contributed by atoms with Crippen LogP contribution in [0, 0.1) is 11.7 Å². The van der Waals surface area contributed by atoms with Crippen molar-refractivity contribution in [2.45, 2.75) is 45.3 Å². The Balaban J connectivity index is 1.67. The van der Waals surface area contributed by atoms with Crippen molar-refractivity contribution < 1.29 is 22.6 Å². The second-order valence-corrected chi connectivity index (χ2v) is 7.07. The van der Waals surface area contributed by atoms with Gasteiger partial charge in [-0.15, -0.1) is 0 Å². The van der Waals surface area contributed by atoms with Gasteiger partial charge in [0.15, 0.2) is 0 Å². The molecule has 1 aliphatic heterocycles. The van der Waals surface area contributed by atoms with Crippen LogP contribution in [0.15, 0.2) is 42.5 Å². The maximum Gasteiger partial charge on any atom is 0.301 e. The summed E-state index contributed by atoms with van der Waals surface area (Å²) in [5.41, 5.74) is 2.67. The minimum atomic E-state index is -3.10. The average molecular weight is 378 g/mol. The standard InChI is InChI=1S/C22H25F3O2/c1-3-15-13-26-21(27-14-15)22(24,25)12-16-5-7-18(8-6-16)19-10-9-17(4-2)20(23)11-19/h5-11,15,21H,3-4,12-14H2,1-2H3. The van der Waals surface area contributed by atoms with E-state index in [1.807, 2.05) is 19.9 Å². The quantitative estimate of drug-likeness (QED) is 0.648. The number of hydrogen-bond acceptors (Lipinski definition) is 2. The number of halogens is 3. The van der Waals surface area contributed by atoms with Crippen LogP contribution in [0.2, 0.25) is 0 Å². The summed E-state index contributed by atoms with van der Waals surface area (Å²) in [5, 5.41) is 0. The number of ether oxygens (including phenoxy) is 2. The molecule has 1 saturated heterocycles. The van der Waals surface area contributed by atoms with Gasteiger partial charge in [0.25, 0.3) is 0 Å². The Bertz CT molecular complexity index is 751. The van der Waals surface area contributed by atoms with Gasteiger partial charge in [-0.2, -0.15) is 0 Å². The molecule has 0 bridgehead atoms. The maximum absolute atomic E-state index is 14.5. The van der Waals surface area contributed by atoms with E-state index in [-0.39, 0.29) is 11.7 Å². The second-order valence-electron chi connectivity index (χ2n) is 7.07. The summed E-state index contributed by atoms with van der Waals surface area (Å²) in [4.78, 5) is 0. The third kappa shape index (κ3) is 4.71. The van der Waals surface area contributed by atoms with E-state index in [1.165, 1.54) is 6.07 Å². The van der Waals surface area contributed by atoms with Crippen molar-refractivity contribution in [3.05, 3.63) is 59.4 Å². The van der Waals surface area contributed by atoms with Crippen molar-refractivity contribution in [2.24, 2.45) is 5.92 Å². The van der Waals surface area contributed by atoms with Crippen LogP contribution < -0.4 is 0 Å². The van der Waals surface area contributed by atoms with Crippen LogP contribution in [-0.4, -0.2) is 25.4 Å². The monoisotopic (exact) mass is 378 g/mol. The predicted octanol–water partition coefficient (Wildman–Crippen LogP) is 5.63. The molecule has 146 valence electrons. The van der Waals surface area contributed by atoms with Gasteiger partial charge in [-0.3, -0.25) is 0 Å². The highest BCUT2D eigenvalue weighted by molar-refractivity contribution is 5.64. The first kappa shape index (κ1) is 19.9. The Labute approximate surface area is 158 Å². The fourth-order valence-corrected chi connectivity index (χ4v) is 3.21. The van der Waals surface area contributed by atoms with E-state index in [0.29, 0.717) is 30.8 Å². The fraction of sp³-hybridized carbons (Fsp3) is 0.455. The Kier molecular flexibility index (Phi) is 6.22. The van der Waals surface area contributed by atoms with Gasteiger partial charge in [0.1, 0.15) is 5.82 Å². The molecular formula is C22H25F3O2. The van der Waals surface area contributed by atoms with Gasteiger partial charge >= 0.3 is 5.92 Å². The van der Waals surface area contributed by atoms with Gasteiger partial charge in [0.05, 0.1) is 13.2 Å². The minimum Gasteiger partial charge on any atom is -0.347 e. The van der Waals surface area contributed by atoms with Crippen LogP contribution >= 0.6 is 0 Å².